The number of aromatic amines is 1. The summed E-state index contributed by atoms with van der Waals surface area (Å²) >= 11 is 0. The van der Waals surface area contributed by atoms with E-state index >= 15 is 0 Å². The van der Waals surface area contributed by atoms with Crippen LogP contribution in [-0.4, -0.2) is 56.5 Å². The van der Waals surface area contributed by atoms with E-state index in [9.17, 15) is 0 Å². The van der Waals surface area contributed by atoms with E-state index in [1.54, 1.807) is 12.7 Å². The number of hydrogen-bond acceptors (Lipinski definition) is 7. The Morgan fingerprint density at radius 1 is 1.04 bits per heavy atom. The van der Waals surface area contributed by atoms with Crippen LogP contribution in [0.3, 0.4) is 0 Å². The fourth-order valence-electron chi connectivity index (χ4n) is 3.42. The van der Waals surface area contributed by atoms with Gasteiger partial charge in [0, 0.05) is 38.3 Å². The zero-order valence-electron chi connectivity index (χ0n) is 15.0. The number of H-pyrrole nitrogens is 1. The van der Waals surface area contributed by atoms with Crippen LogP contribution in [0.4, 0.5) is 5.82 Å². The zero-order valence-corrected chi connectivity index (χ0v) is 16.6. The second-order valence-electron chi connectivity index (χ2n) is 6.35. The second-order valence-corrected chi connectivity index (χ2v) is 6.35. The number of aromatic nitrogens is 4. The molecule has 1 fully saturated rings. The Balaban J connectivity index is 0.000000934. The lowest BCUT2D eigenvalue weighted by atomic mass is 10.1. The van der Waals surface area contributed by atoms with Gasteiger partial charge in [0.1, 0.15) is 18.5 Å². The monoisotopic (exact) mass is 428 g/mol. The minimum absolute atomic E-state index is 0. The molecule has 1 saturated heterocycles. The predicted molar refractivity (Wildman–Crippen MR) is 109 cm³/mol. The van der Waals surface area contributed by atoms with Crippen LogP contribution in [0, 0.1) is 0 Å². The van der Waals surface area contributed by atoms with Crippen LogP contribution >= 0.6 is 24.8 Å². The van der Waals surface area contributed by atoms with Crippen LogP contribution in [0.2, 0.25) is 0 Å². The van der Waals surface area contributed by atoms with Gasteiger partial charge in [-0.15, -0.1) is 24.8 Å². The van der Waals surface area contributed by atoms with Crippen molar-refractivity contribution >= 4 is 41.8 Å². The van der Waals surface area contributed by atoms with Crippen LogP contribution in [0.15, 0.2) is 30.9 Å². The van der Waals surface area contributed by atoms with Crippen LogP contribution in [0.1, 0.15) is 11.1 Å². The van der Waals surface area contributed by atoms with Crippen molar-refractivity contribution in [3.63, 3.8) is 0 Å². The molecule has 0 saturated carbocycles. The SMILES string of the molecule is Cl.Cl.O.c1nc(N2CCN(Cc3ccc4c(c3)OOC4)CC2)c2[nH]cnc2n1. The van der Waals surface area contributed by atoms with Gasteiger partial charge in [0.05, 0.1) is 6.33 Å². The Hall–Kier alpha value is -2.17. The lowest BCUT2D eigenvalue weighted by Gasteiger charge is -2.35. The maximum Gasteiger partial charge on any atom is 0.182 e. The summed E-state index contributed by atoms with van der Waals surface area (Å²) in [6.07, 6.45) is 3.25. The zero-order chi connectivity index (χ0) is 16.6. The van der Waals surface area contributed by atoms with Crippen molar-refractivity contribution in [3.05, 3.63) is 42.0 Å². The second kappa shape index (κ2) is 9.35. The fraction of sp³-hybridized carbons (Fsp3) is 0.353. The molecule has 1 aromatic carbocycles. The summed E-state index contributed by atoms with van der Waals surface area (Å²) in [6, 6.07) is 6.32. The Morgan fingerprint density at radius 3 is 2.68 bits per heavy atom. The van der Waals surface area contributed by atoms with Gasteiger partial charge in [-0.05, 0) is 11.6 Å². The highest BCUT2D eigenvalue weighted by Gasteiger charge is 2.21. The molecule has 28 heavy (non-hydrogen) atoms. The quantitative estimate of drug-likeness (QED) is 0.629. The van der Waals surface area contributed by atoms with Gasteiger partial charge in [0.25, 0.3) is 0 Å². The molecule has 11 heteroatoms. The largest absolute Gasteiger partial charge is 0.412 e. The van der Waals surface area contributed by atoms with Crippen LogP contribution < -0.4 is 9.79 Å². The smallest absolute Gasteiger partial charge is 0.182 e. The normalized spacial score (nSPS) is 15.8. The molecule has 0 radical (unpaired) electrons. The van der Waals surface area contributed by atoms with Gasteiger partial charge in [-0.1, -0.05) is 12.1 Å². The fourth-order valence-corrected chi connectivity index (χ4v) is 3.42. The van der Waals surface area contributed by atoms with Gasteiger partial charge < -0.3 is 20.2 Å². The number of nitrogens with one attached hydrogen (secondary N) is 1. The van der Waals surface area contributed by atoms with E-state index in [0.717, 1.165) is 55.4 Å². The molecule has 0 aliphatic carbocycles. The van der Waals surface area contributed by atoms with Gasteiger partial charge in [-0.2, -0.15) is 4.89 Å². The molecule has 2 aliphatic rings. The maximum atomic E-state index is 5.19. The standard InChI is InChI=1S/C17H18N6O2.2ClH.H2O/c1-2-13-9-24-25-14(13)7-12(1)8-22-3-5-23(6-4-22)17-15-16(19-10-18-15)20-11-21-17;;;/h1-2,7,10-11H,3-6,8-9H2,(H,18,19,20,21);2*1H;1H2. The van der Waals surface area contributed by atoms with Crippen LogP contribution in [0.5, 0.6) is 5.75 Å². The number of anilines is 1. The Labute approximate surface area is 174 Å². The molecule has 3 N–H and O–H groups in total. The highest BCUT2D eigenvalue weighted by Crippen LogP contribution is 2.28. The first-order valence-electron chi connectivity index (χ1n) is 8.39. The first-order valence-corrected chi connectivity index (χ1v) is 8.39. The average Bonchev–Trinajstić information content (AvgIpc) is 3.31. The molecule has 5 rings (SSSR count). The summed E-state index contributed by atoms with van der Waals surface area (Å²) in [5.41, 5.74) is 3.98. The summed E-state index contributed by atoms with van der Waals surface area (Å²) < 4.78 is 0. The minimum Gasteiger partial charge on any atom is -0.412 e. The van der Waals surface area contributed by atoms with Gasteiger partial charge in [0.2, 0.25) is 0 Å². The third-order valence-corrected chi connectivity index (χ3v) is 4.78. The summed E-state index contributed by atoms with van der Waals surface area (Å²) in [5, 5.41) is 0. The number of nitrogens with zero attached hydrogens (tertiary/aromatic N) is 5. The topological polar surface area (TPSA) is 111 Å². The third-order valence-electron chi connectivity index (χ3n) is 4.78. The third kappa shape index (κ3) is 4.13. The Bertz CT molecular complexity index is 917. The molecular weight excluding hydrogens is 407 g/mol. The van der Waals surface area contributed by atoms with Gasteiger partial charge >= 0.3 is 0 Å². The molecule has 0 bridgehead atoms. The van der Waals surface area contributed by atoms with Crippen LogP contribution in [-0.2, 0) is 18.0 Å². The first kappa shape index (κ1) is 22.1. The van der Waals surface area contributed by atoms with E-state index in [1.807, 2.05) is 0 Å². The highest BCUT2D eigenvalue weighted by atomic mass is 35.5. The maximum absolute atomic E-state index is 5.19. The van der Waals surface area contributed by atoms with Gasteiger partial charge in [-0.3, -0.25) is 4.90 Å². The number of piperazine rings is 1. The molecule has 2 aromatic heterocycles. The molecule has 4 heterocycles. The molecule has 3 aromatic rings. The van der Waals surface area contributed by atoms with Crippen molar-refractivity contribution < 1.29 is 15.3 Å². The van der Waals surface area contributed by atoms with Crippen molar-refractivity contribution in [1.82, 2.24) is 24.8 Å². The lowest BCUT2D eigenvalue weighted by Crippen LogP contribution is -2.46. The van der Waals surface area contributed by atoms with Crippen molar-refractivity contribution in [1.29, 1.82) is 0 Å². The van der Waals surface area contributed by atoms with Gasteiger partial charge in [-0.25, -0.2) is 15.0 Å². The average molecular weight is 429 g/mol. The van der Waals surface area contributed by atoms with E-state index in [1.165, 1.54) is 5.56 Å². The van der Waals surface area contributed by atoms with Crippen molar-refractivity contribution in [3.8, 4) is 5.75 Å². The molecule has 2 aliphatic heterocycles. The van der Waals surface area contributed by atoms with Crippen molar-refractivity contribution in [2.24, 2.45) is 0 Å². The summed E-state index contributed by atoms with van der Waals surface area (Å²) in [6.45, 7) is 5.26. The van der Waals surface area contributed by atoms with Crippen molar-refractivity contribution in [2.45, 2.75) is 13.2 Å². The lowest BCUT2D eigenvalue weighted by molar-refractivity contribution is -0.194. The summed E-state index contributed by atoms with van der Waals surface area (Å²) in [5.74, 6) is 1.78. The minimum atomic E-state index is 0. The molecular formula is C17H22Cl2N6O3. The molecule has 0 unspecified atom stereocenters. The predicted octanol–water partition coefficient (Wildman–Crippen LogP) is 1.52. The van der Waals surface area contributed by atoms with E-state index in [4.69, 9.17) is 9.78 Å². The van der Waals surface area contributed by atoms with E-state index < -0.39 is 0 Å². The summed E-state index contributed by atoms with van der Waals surface area (Å²) in [7, 11) is 0. The number of benzene rings is 1. The Kier molecular flexibility index (Phi) is 7.39. The Morgan fingerprint density at radius 2 is 1.86 bits per heavy atom. The molecule has 152 valence electrons. The molecule has 0 spiro atoms. The van der Waals surface area contributed by atoms with E-state index in [2.05, 4.69) is 47.9 Å². The van der Waals surface area contributed by atoms with E-state index in [-0.39, 0.29) is 30.3 Å². The highest BCUT2D eigenvalue weighted by molar-refractivity contribution is 5.85. The number of hydrogen-bond donors (Lipinski definition) is 1. The van der Waals surface area contributed by atoms with E-state index in [0.29, 0.717) is 12.3 Å². The number of halogens is 2. The molecule has 9 nitrogen and oxygen atoms in total. The molecule has 0 atom stereocenters. The first-order chi connectivity index (χ1) is 12.4. The van der Waals surface area contributed by atoms with Gasteiger partial charge in [0.15, 0.2) is 17.2 Å². The van der Waals surface area contributed by atoms with Crippen molar-refractivity contribution in [2.75, 3.05) is 31.1 Å². The summed E-state index contributed by atoms with van der Waals surface area (Å²) in [4.78, 5) is 30.9. The molecule has 0 amide bonds. The number of imidazole rings is 1. The number of rotatable bonds is 3. The number of fused-ring (bicyclic) bond motifs is 2. The van der Waals surface area contributed by atoms with Crippen LogP contribution in [0.25, 0.3) is 11.2 Å².